The fraction of sp³-hybridized carbons (Fsp3) is 0.429. The molecule has 1 unspecified atom stereocenters. The first-order chi connectivity index (χ1) is 7.11. The van der Waals surface area contributed by atoms with Crippen LogP contribution >= 0.6 is 0 Å². The molecule has 15 heavy (non-hydrogen) atoms. The van der Waals surface area contributed by atoms with Crippen LogP contribution < -0.4 is 5.32 Å². The van der Waals surface area contributed by atoms with Crippen molar-refractivity contribution in [3.8, 4) is 0 Å². The zero-order chi connectivity index (χ0) is 11.3. The molecule has 1 heteroatoms. The Morgan fingerprint density at radius 2 is 1.87 bits per heavy atom. The predicted octanol–water partition coefficient (Wildman–Crippen LogP) is 3.36. The molecule has 82 valence electrons. The molecule has 0 fully saturated rings. The minimum absolute atomic E-state index is 0.503. The molecular weight excluding hydrogens is 182 g/mol. The molecule has 0 aromatic heterocycles. The van der Waals surface area contributed by atoms with Crippen molar-refractivity contribution in [2.75, 3.05) is 0 Å². The van der Waals surface area contributed by atoms with Crippen LogP contribution in [0.5, 0.6) is 0 Å². The summed E-state index contributed by atoms with van der Waals surface area (Å²) in [6.45, 7) is 11.2. The number of hydrogen-bond acceptors (Lipinski definition) is 1. The Bertz CT molecular complexity index is 308. The van der Waals surface area contributed by atoms with E-state index in [4.69, 9.17) is 0 Å². The Morgan fingerprint density at radius 1 is 1.27 bits per heavy atom. The van der Waals surface area contributed by atoms with E-state index in [-0.39, 0.29) is 0 Å². The van der Waals surface area contributed by atoms with Crippen LogP contribution in [-0.2, 0) is 6.54 Å². The minimum Gasteiger partial charge on any atom is -0.310 e. The second-order valence-corrected chi connectivity index (χ2v) is 4.30. The molecule has 0 saturated carbocycles. The van der Waals surface area contributed by atoms with E-state index in [1.54, 1.807) is 0 Å². The van der Waals surface area contributed by atoms with E-state index < -0.39 is 0 Å². The van der Waals surface area contributed by atoms with E-state index in [9.17, 15) is 0 Å². The summed E-state index contributed by atoms with van der Waals surface area (Å²) in [6.07, 6.45) is 2.98. The van der Waals surface area contributed by atoms with Gasteiger partial charge in [0.2, 0.25) is 0 Å². The van der Waals surface area contributed by atoms with Crippen LogP contribution in [0.2, 0.25) is 0 Å². The zero-order valence-corrected chi connectivity index (χ0v) is 10.0. The molecule has 0 bridgehead atoms. The van der Waals surface area contributed by atoms with Gasteiger partial charge >= 0.3 is 0 Å². The Kier molecular flexibility index (Phi) is 4.57. The highest BCUT2D eigenvalue weighted by molar-refractivity contribution is 5.28. The molecule has 1 rings (SSSR count). The predicted molar refractivity (Wildman–Crippen MR) is 67.0 cm³/mol. The molecular formula is C14H21N. The summed E-state index contributed by atoms with van der Waals surface area (Å²) in [5.41, 5.74) is 4.04. The Balaban J connectivity index is 2.53. The summed E-state index contributed by atoms with van der Waals surface area (Å²) in [4.78, 5) is 0. The number of hydrogen-bond donors (Lipinski definition) is 1. The molecule has 1 N–H and O–H groups in total. The Morgan fingerprint density at radius 3 is 2.40 bits per heavy atom. The molecule has 1 aromatic carbocycles. The van der Waals surface area contributed by atoms with Gasteiger partial charge in [-0.3, -0.25) is 0 Å². The lowest BCUT2D eigenvalue weighted by Crippen LogP contribution is -2.24. The monoisotopic (exact) mass is 203 g/mol. The van der Waals surface area contributed by atoms with Gasteiger partial charge in [-0.15, -0.1) is 6.58 Å². The van der Waals surface area contributed by atoms with Gasteiger partial charge in [-0.25, -0.2) is 0 Å². The average molecular weight is 203 g/mol. The van der Waals surface area contributed by atoms with Crippen LogP contribution in [0.25, 0.3) is 0 Å². The number of nitrogens with one attached hydrogen (secondary N) is 1. The van der Waals surface area contributed by atoms with Gasteiger partial charge in [-0.1, -0.05) is 35.4 Å². The largest absolute Gasteiger partial charge is 0.310 e. The van der Waals surface area contributed by atoms with Crippen LogP contribution in [-0.4, -0.2) is 6.04 Å². The number of aryl methyl sites for hydroxylation is 2. The molecule has 0 spiro atoms. The topological polar surface area (TPSA) is 12.0 Å². The summed E-state index contributed by atoms with van der Waals surface area (Å²) >= 11 is 0. The normalized spacial score (nSPS) is 12.5. The number of rotatable bonds is 5. The molecule has 0 heterocycles. The maximum atomic E-state index is 3.74. The smallest absolute Gasteiger partial charge is 0.0208 e. The summed E-state index contributed by atoms with van der Waals surface area (Å²) in [7, 11) is 0. The SMILES string of the molecule is C=CCC(C)NCc1cc(C)cc(C)c1. The van der Waals surface area contributed by atoms with Gasteiger partial charge in [-0.05, 0) is 32.8 Å². The third kappa shape index (κ3) is 4.30. The molecule has 0 radical (unpaired) electrons. The lowest BCUT2D eigenvalue weighted by atomic mass is 10.1. The highest BCUT2D eigenvalue weighted by Gasteiger charge is 2.00. The van der Waals surface area contributed by atoms with Crippen molar-refractivity contribution in [3.05, 3.63) is 47.5 Å². The maximum Gasteiger partial charge on any atom is 0.0208 e. The lowest BCUT2D eigenvalue weighted by Gasteiger charge is -2.12. The van der Waals surface area contributed by atoms with Crippen molar-refractivity contribution in [3.63, 3.8) is 0 Å². The van der Waals surface area contributed by atoms with E-state index in [0.717, 1.165) is 13.0 Å². The Labute approximate surface area is 93.2 Å². The summed E-state index contributed by atoms with van der Waals surface area (Å²) in [5, 5.41) is 3.48. The third-order valence-electron chi connectivity index (χ3n) is 2.46. The van der Waals surface area contributed by atoms with Gasteiger partial charge in [0.15, 0.2) is 0 Å². The molecule has 1 nitrogen and oxygen atoms in total. The second-order valence-electron chi connectivity index (χ2n) is 4.30. The van der Waals surface area contributed by atoms with Gasteiger partial charge in [0.25, 0.3) is 0 Å². The molecule has 1 atom stereocenters. The highest BCUT2D eigenvalue weighted by Crippen LogP contribution is 2.08. The van der Waals surface area contributed by atoms with Crippen LogP contribution in [0.1, 0.15) is 30.0 Å². The lowest BCUT2D eigenvalue weighted by molar-refractivity contribution is 0.553. The van der Waals surface area contributed by atoms with Crippen LogP contribution in [0.4, 0.5) is 0 Å². The quantitative estimate of drug-likeness (QED) is 0.724. The number of benzene rings is 1. The van der Waals surface area contributed by atoms with Crippen molar-refractivity contribution in [2.45, 2.75) is 39.8 Å². The van der Waals surface area contributed by atoms with Crippen molar-refractivity contribution in [1.29, 1.82) is 0 Å². The van der Waals surface area contributed by atoms with E-state index in [0.29, 0.717) is 6.04 Å². The first kappa shape index (κ1) is 12.0. The van der Waals surface area contributed by atoms with Gasteiger partial charge in [0, 0.05) is 12.6 Å². The molecule has 0 aliphatic carbocycles. The maximum absolute atomic E-state index is 3.74. The van der Waals surface area contributed by atoms with E-state index in [1.165, 1.54) is 16.7 Å². The minimum atomic E-state index is 0.503. The molecule has 1 aromatic rings. The fourth-order valence-electron chi connectivity index (χ4n) is 1.80. The van der Waals surface area contributed by atoms with E-state index >= 15 is 0 Å². The first-order valence-electron chi connectivity index (χ1n) is 5.53. The fourth-order valence-corrected chi connectivity index (χ4v) is 1.80. The van der Waals surface area contributed by atoms with Gasteiger partial charge < -0.3 is 5.32 Å². The van der Waals surface area contributed by atoms with Crippen LogP contribution in [0, 0.1) is 13.8 Å². The summed E-state index contributed by atoms with van der Waals surface area (Å²) < 4.78 is 0. The van der Waals surface area contributed by atoms with Crippen molar-refractivity contribution in [1.82, 2.24) is 5.32 Å². The first-order valence-corrected chi connectivity index (χ1v) is 5.53. The van der Waals surface area contributed by atoms with E-state index in [1.807, 2.05) is 6.08 Å². The van der Waals surface area contributed by atoms with Gasteiger partial charge in [-0.2, -0.15) is 0 Å². The van der Waals surface area contributed by atoms with Crippen molar-refractivity contribution in [2.24, 2.45) is 0 Å². The van der Waals surface area contributed by atoms with Gasteiger partial charge in [0.05, 0.1) is 0 Å². The van der Waals surface area contributed by atoms with Crippen molar-refractivity contribution >= 4 is 0 Å². The Hall–Kier alpha value is -1.08. The van der Waals surface area contributed by atoms with Crippen molar-refractivity contribution < 1.29 is 0 Å². The molecule has 0 amide bonds. The van der Waals surface area contributed by atoms with Crippen LogP contribution in [0.15, 0.2) is 30.9 Å². The van der Waals surface area contributed by atoms with E-state index in [2.05, 4.69) is 50.9 Å². The van der Waals surface area contributed by atoms with Crippen LogP contribution in [0.3, 0.4) is 0 Å². The standard InChI is InChI=1S/C14H21N/c1-5-6-13(4)15-10-14-8-11(2)7-12(3)9-14/h5,7-9,13,15H,1,6,10H2,2-4H3. The zero-order valence-electron chi connectivity index (χ0n) is 10.0. The molecule has 0 aliphatic rings. The highest BCUT2D eigenvalue weighted by atomic mass is 14.9. The van der Waals surface area contributed by atoms with Gasteiger partial charge in [0.1, 0.15) is 0 Å². The third-order valence-corrected chi connectivity index (χ3v) is 2.46. The second kappa shape index (κ2) is 5.72. The summed E-state index contributed by atoms with van der Waals surface area (Å²) in [6, 6.07) is 7.18. The average Bonchev–Trinajstić information content (AvgIpc) is 2.14. The molecule has 0 aliphatic heterocycles. The summed E-state index contributed by atoms with van der Waals surface area (Å²) in [5.74, 6) is 0. The molecule has 0 saturated heterocycles.